The fourth-order valence-corrected chi connectivity index (χ4v) is 3.09. The van der Waals surface area contributed by atoms with E-state index < -0.39 is 15.1 Å². The maximum atomic E-state index is 12.2. The smallest absolute Gasteiger partial charge is 0.186 e. The average molecular weight is 239 g/mol. The zero-order valence-electron chi connectivity index (χ0n) is 8.88. The van der Waals surface area contributed by atoms with Crippen LogP contribution < -0.4 is 10.1 Å². The van der Waals surface area contributed by atoms with Gasteiger partial charge in [-0.2, -0.15) is 0 Å². The highest BCUT2D eigenvalue weighted by Crippen LogP contribution is 2.22. The lowest BCUT2D eigenvalue weighted by Gasteiger charge is -2.10. The Balaban J connectivity index is 2.38. The molecule has 0 bridgehead atoms. The Kier molecular flexibility index (Phi) is 2.87. The van der Waals surface area contributed by atoms with Crippen LogP contribution in [-0.2, 0) is 9.84 Å². The van der Waals surface area contributed by atoms with E-state index >= 15 is 0 Å². The molecule has 4 nitrogen and oxygen atoms in total. The van der Waals surface area contributed by atoms with Gasteiger partial charge in [-0.15, -0.1) is 0 Å². The number of benzene rings is 1. The molecule has 1 heterocycles. The zero-order chi connectivity index (χ0) is 11.6. The van der Waals surface area contributed by atoms with Crippen molar-refractivity contribution in [3.8, 4) is 5.75 Å². The van der Waals surface area contributed by atoms with Crippen LogP contribution in [0.2, 0.25) is 0 Å². The van der Waals surface area contributed by atoms with Crippen LogP contribution in [0, 0.1) is 0 Å². The van der Waals surface area contributed by atoms with Crippen LogP contribution in [0.3, 0.4) is 0 Å². The average Bonchev–Trinajstić information content (AvgIpc) is 2.83. The van der Waals surface area contributed by atoms with E-state index in [-0.39, 0.29) is 0 Å². The largest absolute Gasteiger partial charge is 0.497 e. The normalized spacial score (nSPS) is 19.4. The summed E-state index contributed by atoms with van der Waals surface area (Å²) < 4.78 is 29.3. The van der Waals surface area contributed by atoms with Gasteiger partial charge < -0.3 is 10.1 Å². The Labute approximate surface area is 94.8 Å². The fraction of sp³-hybridized carbons (Fsp3) is 0.273. The minimum atomic E-state index is -3.30. The van der Waals surface area contributed by atoms with E-state index in [1.54, 1.807) is 36.5 Å². The van der Waals surface area contributed by atoms with E-state index in [2.05, 4.69) is 5.32 Å². The Morgan fingerprint density at radius 1 is 1.44 bits per heavy atom. The first kappa shape index (κ1) is 11.0. The van der Waals surface area contributed by atoms with Crippen molar-refractivity contribution in [1.29, 1.82) is 0 Å². The van der Waals surface area contributed by atoms with Gasteiger partial charge in [0.15, 0.2) is 9.84 Å². The van der Waals surface area contributed by atoms with Crippen LogP contribution in [0.1, 0.15) is 0 Å². The molecule has 0 unspecified atom stereocenters. The molecule has 0 fully saturated rings. The molecule has 1 aliphatic rings. The van der Waals surface area contributed by atoms with Gasteiger partial charge in [0.2, 0.25) is 0 Å². The van der Waals surface area contributed by atoms with Gasteiger partial charge in [-0.1, -0.05) is 6.07 Å². The second kappa shape index (κ2) is 4.17. The van der Waals surface area contributed by atoms with Gasteiger partial charge in [-0.3, -0.25) is 0 Å². The Morgan fingerprint density at radius 2 is 2.25 bits per heavy atom. The van der Waals surface area contributed by atoms with Gasteiger partial charge >= 0.3 is 0 Å². The molecule has 5 heteroatoms. The molecule has 0 radical (unpaired) electrons. The van der Waals surface area contributed by atoms with Crippen LogP contribution >= 0.6 is 0 Å². The Hall–Kier alpha value is -1.49. The first-order valence-corrected chi connectivity index (χ1v) is 6.47. The summed E-state index contributed by atoms with van der Waals surface area (Å²) in [5.74, 6) is 0.552. The van der Waals surface area contributed by atoms with Crippen molar-refractivity contribution < 1.29 is 13.2 Å². The zero-order valence-corrected chi connectivity index (χ0v) is 9.70. The number of methoxy groups -OCH3 is 1. The molecule has 0 spiro atoms. The van der Waals surface area contributed by atoms with Gasteiger partial charge in [0, 0.05) is 6.54 Å². The third-order valence-electron chi connectivity index (χ3n) is 2.52. The standard InChI is InChI=1S/C11H13NO3S/c1-15-9-3-2-4-10(7-9)16(13,14)11-5-6-12-8-11/h2-7,11-12H,8H2,1H3/t11-/m0/s1. The van der Waals surface area contributed by atoms with Crippen molar-refractivity contribution in [2.45, 2.75) is 10.1 Å². The topological polar surface area (TPSA) is 55.4 Å². The molecule has 1 atom stereocenters. The summed E-state index contributed by atoms with van der Waals surface area (Å²) in [7, 11) is -1.78. The lowest BCUT2D eigenvalue weighted by Crippen LogP contribution is -2.24. The second-order valence-corrected chi connectivity index (χ2v) is 5.70. The highest BCUT2D eigenvalue weighted by Gasteiger charge is 2.27. The monoisotopic (exact) mass is 239 g/mol. The first-order valence-electron chi connectivity index (χ1n) is 4.92. The lowest BCUT2D eigenvalue weighted by atomic mass is 10.3. The minimum Gasteiger partial charge on any atom is -0.497 e. The van der Waals surface area contributed by atoms with E-state index in [1.165, 1.54) is 7.11 Å². The summed E-state index contributed by atoms with van der Waals surface area (Å²) in [6.45, 7) is 0.430. The van der Waals surface area contributed by atoms with E-state index in [4.69, 9.17) is 4.74 Å². The third kappa shape index (κ3) is 1.90. The van der Waals surface area contributed by atoms with E-state index in [0.717, 1.165) is 0 Å². The highest BCUT2D eigenvalue weighted by molar-refractivity contribution is 7.92. The molecule has 0 amide bonds. The Bertz CT molecular complexity index is 508. The van der Waals surface area contributed by atoms with E-state index in [0.29, 0.717) is 17.2 Å². The van der Waals surface area contributed by atoms with Crippen molar-refractivity contribution in [2.24, 2.45) is 0 Å². The van der Waals surface area contributed by atoms with Crippen molar-refractivity contribution in [2.75, 3.05) is 13.7 Å². The van der Waals surface area contributed by atoms with Gasteiger partial charge in [-0.05, 0) is 30.5 Å². The molecule has 1 N–H and O–H groups in total. The molecule has 1 aromatic carbocycles. The summed E-state index contributed by atoms with van der Waals surface area (Å²) in [6.07, 6.45) is 3.33. The SMILES string of the molecule is COc1cccc(S(=O)(=O)[C@H]2C=CNC2)c1. The minimum absolute atomic E-state index is 0.296. The summed E-state index contributed by atoms with van der Waals surface area (Å²) in [6, 6.07) is 6.53. The van der Waals surface area contributed by atoms with Gasteiger partial charge in [0.05, 0.1) is 12.0 Å². The summed E-state index contributed by atoms with van der Waals surface area (Å²) in [4.78, 5) is 0.296. The molecule has 1 aromatic rings. The van der Waals surface area contributed by atoms with Crippen molar-refractivity contribution in [3.05, 3.63) is 36.5 Å². The third-order valence-corrected chi connectivity index (χ3v) is 4.55. The molecule has 2 rings (SSSR count). The van der Waals surface area contributed by atoms with Crippen LogP contribution in [0.25, 0.3) is 0 Å². The number of hydrogen-bond donors (Lipinski definition) is 1. The van der Waals surface area contributed by atoms with Crippen LogP contribution in [0.5, 0.6) is 5.75 Å². The van der Waals surface area contributed by atoms with E-state index in [9.17, 15) is 8.42 Å². The summed E-state index contributed by atoms with van der Waals surface area (Å²) in [5, 5.41) is 2.40. The summed E-state index contributed by atoms with van der Waals surface area (Å²) in [5.41, 5.74) is 0. The molecule has 0 aliphatic carbocycles. The number of ether oxygens (including phenoxy) is 1. The molecule has 1 aliphatic heterocycles. The molecule has 0 saturated heterocycles. The predicted molar refractivity (Wildman–Crippen MR) is 61.1 cm³/mol. The highest BCUT2D eigenvalue weighted by atomic mass is 32.2. The molecule has 86 valence electrons. The van der Waals surface area contributed by atoms with Gasteiger partial charge in [0.25, 0.3) is 0 Å². The van der Waals surface area contributed by atoms with Crippen LogP contribution in [-0.4, -0.2) is 27.3 Å². The number of rotatable bonds is 3. The van der Waals surface area contributed by atoms with Crippen molar-refractivity contribution in [3.63, 3.8) is 0 Å². The van der Waals surface area contributed by atoms with Gasteiger partial charge in [-0.25, -0.2) is 8.42 Å². The quantitative estimate of drug-likeness (QED) is 0.853. The van der Waals surface area contributed by atoms with E-state index in [1.807, 2.05) is 0 Å². The molecule has 16 heavy (non-hydrogen) atoms. The Morgan fingerprint density at radius 3 is 2.88 bits per heavy atom. The molecule has 0 saturated carbocycles. The summed E-state index contributed by atoms with van der Waals surface area (Å²) >= 11 is 0. The first-order chi connectivity index (χ1) is 7.64. The fourth-order valence-electron chi connectivity index (χ4n) is 1.59. The lowest BCUT2D eigenvalue weighted by molar-refractivity contribution is 0.413. The number of sulfone groups is 1. The maximum absolute atomic E-state index is 12.2. The van der Waals surface area contributed by atoms with Crippen LogP contribution in [0.15, 0.2) is 41.4 Å². The molecule has 0 aromatic heterocycles. The number of hydrogen-bond acceptors (Lipinski definition) is 4. The van der Waals surface area contributed by atoms with Crippen LogP contribution in [0.4, 0.5) is 0 Å². The maximum Gasteiger partial charge on any atom is 0.186 e. The second-order valence-electron chi connectivity index (χ2n) is 3.53. The van der Waals surface area contributed by atoms with Crippen molar-refractivity contribution >= 4 is 9.84 Å². The van der Waals surface area contributed by atoms with Gasteiger partial charge in [0.1, 0.15) is 11.0 Å². The predicted octanol–water partition coefficient (Wildman–Crippen LogP) is 0.954. The molecular formula is C11H13NO3S. The van der Waals surface area contributed by atoms with Crippen molar-refractivity contribution in [1.82, 2.24) is 5.32 Å². The number of nitrogens with one attached hydrogen (secondary N) is 1. The molecular weight excluding hydrogens is 226 g/mol.